The quantitative estimate of drug-likeness (QED) is 0.254. The van der Waals surface area contributed by atoms with Gasteiger partial charge in [0.2, 0.25) is 5.91 Å². The number of ether oxygens (including phenoxy) is 2. The van der Waals surface area contributed by atoms with Crippen molar-refractivity contribution in [2.45, 2.75) is 19.0 Å². The van der Waals surface area contributed by atoms with E-state index >= 15 is 0 Å². The van der Waals surface area contributed by atoms with E-state index in [0.29, 0.717) is 22.1 Å². The molecule has 1 saturated heterocycles. The Morgan fingerprint density at radius 2 is 1.77 bits per heavy atom. The Hall–Kier alpha value is -4.70. The summed E-state index contributed by atoms with van der Waals surface area (Å²) in [6.07, 6.45) is 3.72. The van der Waals surface area contributed by atoms with E-state index in [1.165, 1.54) is 14.0 Å². The van der Waals surface area contributed by atoms with Gasteiger partial charge in [0.1, 0.15) is 11.8 Å². The van der Waals surface area contributed by atoms with Crippen LogP contribution in [0, 0.1) is 0 Å². The van der Waals surface area contributed by atoms with Crippen LogP contribution in [0.15, 0.2) is 85.2 Å². The van der Waals surface area contributed by atoms with Gasteiger partial charge in [0.05, 0.1) is 37.2 Å². The average molecular weight is 542 g/mol. The number of benzene rings is 2. The van der Waals surface area contributed by atoms with E-state index in [9.17, 15) is 9.59 Å². The molecule has 0 radical (unpaired) electrons. The van der Waals surface area contributed by atoms with E-state index in [4.69, 9.17) is 21.7 Å². The number of nitrogens with zero attached hydrogens (tertiary/aromatic N) is 3. The number of pyridine rings is 1. The van der Waals surface area contributed by atoms with Crippen LogP contribution in [0.4, 0.5) is 11.4 Å². The first-order chi connectivity index (χ1) is 18.9. The Morgan fingerprint density at radius 1 is 1.00 bits per heavy atom. The molecule has 1 amide bonds. The fraction of sp³-hybridized carbons (Fsp3) is 0.172. The third-order valence-corrected chi connectivity index (χ3v) is 6.83. The average Bonchev–Trinajstić information content (AvgIpc) is 3.57. The van der Waals surface area contributed by atoms with Crippen molar-refractivity contribution in [1.29, 1.82) is 0 Å². The number of anilines is 2. The number of carbonyl (C=O) groups excluding carboxylic acids is 2. The van der Waals surface area contributed by atoms with Gasteiger partial charge in [-0.05, 0) is 78.9 Å². The summed E-state index contributed by atoms with van der Waals surface area (Å²) in [7, 11) is 2.92. The Kier molecular flexibility index (Phi) is 7.29. The van der Waals surface area contributed by atoms with E-state index in [-0.39, 0.29) is 18.0 Å². The van der Waals surface area contributed by atoms with Crippen LogP contribution in [-0.2, 0) is 9.53 Å². The molecule has 39 heavy (non-hydrogen) atoms. The largest absolute Gasteiger partial charge is 0.495 e. The summed E-state index contributed by atoms with van der Waals surface area (Å²) in [5, 5.41) is 6.82. The van der Waals surface area contributed by atoms with Crippen molar-refractivity contribution in [1.82, 2.24) is 14.9 Å². The minimum atomic E-state index is -0.393. The number of hydrogen-bond acceptors (Lipinski definition) is 6. The van der Waals surface area contributed by atoms with E-state index in [0.717, 1.165) is 22.8 Å². The van der Waals surface area contributed by atoms with Crippen LogP contribution < -0.4 is 20.3 Å². The molecule has 1 aliphatic heterocycles. The number of amides is 1. The van der Waals surface area contributed by atoms with Gasteiger partial charge in [0.15, 0.2) is 5.11 Å². The minimum Gasteiger partial charge on any atom is -0.495 e. The van der Waals surface area contributed by atoms with Gasteiger partial charge < -0.3 is 29.6 Å². The van der Waals surface area contributed by atoms with E-state index < -0.39 is 5.97 Å². The summed E-state index contributed by atoms with van der Waals surface area (Å²) in [6.45, 7) is 1.45. The molecule has 2 atom stereocenters. The highest BCUT2D eigenvalue weighted by Crippen LogP contribution is 2.43. The van der Waals surface area contributed by atoms with Gasteiger partial charge in [-0.2, -0.15) is 0 Å². The van der Waals surface area contributed by atoms with Crippen molar-refractivity contribution in [3.63, 3.8) is 0 Å². The molecule has 2 N–H and O–H groups in total. The molecule has 0 spiro atoms. The van der Waals surface area contributed by atoms with Crippen LogP contribution in [0.25, 0.3) is 5.69 Å². The van der Waals surface area contributed by atoms with Gasteiger partial charge in [-0.15, -0.1) is 0 Å². The smallest absolute Gasteiger partial charge is 0.337 e. The molecule has 2 aromatic heterocycles. The number of methoxy groups -OCH3 is 2. The van der Waals surface area contributed by atoms with E-state index in [2.05, 4.69) is 20.2 Å². The van der Waals surface area contributed by atoms with Gasteiger partial charge in [-0.1, -0.05) is 6.07 Å². The lowest BCUT2D eigenvalue weighted by Crippen LogP contribution is -2.30. The van der Waals surface area contributed by atoms with Crippen LogP contribution >= 0.6 is 12.2 Å². The molecule has 2 aromatic carbocycles. The van der Waals surface area contributed by atoms with Gasteiger partial charge >= 0.3 is 5.97 Å². The second-order valence-corrected chi connectivity index (χ2v) is 9.29. The Labute approximate surface area is 231 Å². The molecular weight excluding hydrogens is 514 g/mol. The maximum Gasteiger partial charge on any atom is 0.337 e. The molecule has 198 valence electrons. The Morgan fingerprint density at radius 3 is 2.44 bits per heavy atom. The molecule has 4 aromatic rings. The molecule has 0 unspecified atom stereocenters. The highest BCUT2D eigenvalue weighted by molar-refractivity contribution is 7.80. The SMILES string of the molecule is COC(=O)c1ccc(-n2cccc2[C@@H]2[C@@H](c3ccccn3)NC(=S)N2c2ccc(OC)c(NC(C)=O)c2)cc1. The number of rotatable bonds is 7. The number of thiocarbonyl (C=S) groups is 1. The van der Waals surface area contributed by atoms with E-state index in [1.807, 2.05) is 65.7 Å². The molecule has 5 rings (SSSR count). The number of aromatic nitrogens is 2. The fourth-order valence-electron chi connectivity index (χ4n) is 4.81. The van der Waals surface area contributed by atoms with Crippen LogP contribution in [0.1, 0.15) is 40.8 Å². The second kappa shape index (κ2) is 11.0. The highest BCUT2D eigenvalue weighted by atomic mass is 32.1. The number of esters is 1. The Bertz CT molecular complexity index is 1520. The molecule has 0 bridgehead atoms. The minimum absolute atomic E-state index is 0.209. The maximum absolute atomic E-state index is 12.0. The van der Waals surface area contributed by atoms with Crippen LogP contribution in [0.5, 0.6) is 5.75 Å². The summed E-state index contributed by atoms with van der Waals surface area (Å²) in [6, 6.07) is 22.0. The van der Waals surface area contributed by atoms with Crippen LogP contribution in [0.2, 0.25) is 0 Å². The van der Waals surface area contributed by atoms with E-state index in [1.54, 1.807) is 31.5 Å². The van der Waals surface area contributed by atoms with Crippen LogP contribution in [0.3, 0.4) is 0 Å². The van der Waals surface area contributed by atoms with Gasteiger partial charge in [-0.3, -0.25) is 9.78 Å². The molecule has 10 heteroatoms. The molecule has 0 aliphatic carbocycles. The first-order valence-corrected chi connectivity index (χ1v) is 12.6. The van der Waals surface area contributed by atoms with Crippen molar-refractivity contribution in [3.05, 3.63) is 102 Å². The summed E-state index contributed by atoms with van der Waals surface area (Å²) in [5.41, 5.74) is 4.43. The number of nitrogens with one attached hydrogen (secondary N) is 2. The zero-order valence-corrected chi connectivity index (χ0v) is 22.4. The third-order valence-electron chi connectivity index (χ3n) is 6.52. The fourth-order valence-corrected chi connectivity index (χ4v) is 5.16. The van der Waals surface area contributed by atoms with Crippen molar-refractivity contribution in [2.24, 2.45) is 0 Å². The van der Waals surface area contributed by atoms with Gasteiger partial charge in [-0.25, -0.2) is 4.79 Å². The van der Waals surface area contributed by atoms with Crippen molar-refractivity contribution in [3.8, 4) is 11.4 Å². The third kappa shape index (κ3) is 5.06. The summed E-state index contributed by atoms with van der Waals surface area (Å²) < 4.78 is 12.4. The number of hydrogen-bond donors (Lipinski definition) is 2. The van der Waals surface area contributed by atoms with Gasteiger partial charge in [0.25, 0.3) is 0 Å². The maximum atomic E-state index is 12.0. The monoisotopic (exact) mass is 541 g/mol. The number of carbonyl (C=O) groups is 2. The summed E-state index contributed by atoms with van der Waals surface area (Å²) >= 11 is 5.87. The molecule has 1 fully saturated rings. The predicted molar refractivity (Wildman–Crippen MR) is 152 cm³/mol. The van der Waals surface area contributed by atoms with Crippen molar-refractivity contribution in [2.75, 3.05) is 24.4 Å². The lowest BCUT2D eigenvalue weighted by Gasteiger charge is -2.29. The summed E-state index contributed by atoms with van der Waals surface area (Å²) in [4.78, 5) is 30.5. The van der Waals surface area contributed by atoms with Gasteiger partial charge in [0, 0.05) is 36.4 Å². The molecular formula is C29H27N5O4S. The zero-order chi connectivity index (χ0) is 27.5. The zero-order valence-electron chi connectivity index (χ0n) is 21.6. The predicted octanol–water partition coefficient (Wildman–Crippen LogP) is 4.80. The lowest BCUT2D eigenvalue weighted by molar-refractivity contribution is -0.114. The van der Waals surface area contributed by atoms with Crippen molar-refractivity contribution >= 4 is 40.6 Å². The van der Waals surface area contributed by atoms with Crippen LogP contribution in [-0.4, -0.2) is 40.8 Å². The first-order valence-electron chi connectivity index (χ1n) is 12.2. The molecule has 9 nitrogen and oxygen atoms in total. The Balaban J connectivity index is 1.63. The molecule has 1 aliphatic rings. The van der Waals surface area contributed by atoms with Crippen molar-refractivity contribution < 1.29 is 19.1 Å². The molecule has 0 saturated carbocycles. The summed E-state index contributed by atoms with van der Waals surface area (Å²) in [5.74, 6) is -0.0609. The molecule has 3 heterocycles. The normalized spacial score (nSPS) is 16.5. The second-order valence-electron chi connectivity index (χ2n) is 8.90. The highest BCUT2D eigenvalue weighted by Gasteiger charge is 2.42. The topological polar surface area (TPSA) is 97.7 Å². The lowest BCUT2D eigenvalue weighted by atomic mass is 10.0. The standard InChI is InChI=1S/C29H27N5O4S/c1-18(35)31-23-17-21(13-14-25(23)37-2)34-27(26(32-29(34)39)22-7-4-5-15-30-22)24-8-6-16-33(24)20-11-9-19(10-12-20)28(36)38-3/h4-17,26-27H,1-3H3,(H,31,35)(H,32,39)/t26-,27-/m1/s1. The first kappa shape index (κ1) is 25.9.